The Labute approximate surface area is 220 Å². The number of hydrogen-bond acceptors (Lipinski definition) is 11. The van der Waals surface area contributed by atoms with Crippen molar-refractivity contribution < 1.29 is 34.1 Å². The fraction of sp³-hybridized carbons (Fsp3) is 0.696. The van der Waals surface area contributed by atoms with Crippen molar-refractivity contribution in [3.05, 3.63) is 27.7 Å². The summed E-state index contributed by atoms with van der Waals surface area (Å²) < 4.78 is 11.5. The molecule has 0 aliphatic rings. The fourth-order valence-electron chi connectivity index (χ4n) is 3.14. The minimum Gasteiger partial charge on any atom is -0.444 e. The Morgan fingerprint density at radius 2 is 1.89 bits per heavy atom. The molecule has 0 aliphatic heterocycles. The molecule has 1 aromatic rings. The number of aliphatic hydroxyl groups is 2. The van der Waals surface area contributed by atoms with Crippen molar-refractivity contribution in [1.29, 1.82) is 0 Å². The van der Waals surface area contributed by atoms with Crippen LogP contribution in [-0.2, 0) is 19.1 Å². The topological polar surface area (TPSA) is 211 Å². The van der Waals surface area contributed by atoms with E-state index in [1.54, 1.807) is 20.8 Å². The third-order valence-electron chi connectivity index (χ3n) is 4.91. The summed E-state index contributed by atoms with van der Waals surface area (Å²) in [6, 6.07) is 0.236. The summed E-state index contributed by atoms with van der Waals surface area (Å²) in [6.45, 7) is 7.65. The first-order valence-corrected chi connectivity index (χ1v) is 12.2. The number of ether oxygens (including phenoxy) is 2. The Morgan fingerprint density at radius 1 is 1.21 bits per heavy atom. The molecule has 0 spiro atoms. The van der Waals surface area contributed by atoms with E-state index in [0.717, 1.165) is 4.57 Å². The Kier molecular flexibility index (Phi) is 13.5. The fourth-order valence-corrected chi connectivity index (χ4v) is 3.14. The summed E-state index contributed by atoms with van der Waals surface area (Å²) in [6.07, 6.45) is -2.54. The SMILES string of the molecule is CC(=O)NCCCCC(NC(=O)OC(C)(C)C)C(=O)Nc1ccn([C@H](OCCN=O)C(O)[C@H](C)O)c(=O)n1. The Morgan fingerprint density at radius 3 is 2.45 bits per heavy atom. The quantitative estimate of drug-likeness (QED) is 0.152. The van der Waals surface area contributed by atoms with Gasteiger partial charge in [0.05, 0.1) is 12.7 Å². The van der Waals surface area contributed by atoms with Crippen LogP contribution >= 0.6 is 0 Å². The predicted molar refractivity (Wildman–Crippen MR) is 136 cm³/mol. The van der Waals surface area contributed by atoms with Gasteiger partial charge in [-0.3, -0.25) is 14.2 Å². The van der Waals surface area contributed by atoms with Crippen molar-refractivity contribution in [2.45, 2.75) is 84.0 Å². The van der Waals surface area contributed by atoms with E-state index in [0.29, 0.717) is 19.4 Å². The van der Waals surface area contributed by atoms with Crippen LogP contribution in [0, 0.1) is 4.91 Å². The zero-order valence-electron chi connectivity index (χ0n) is 22.3. The summed E-state index contributed by atoms with van der Waals surface area (Å²) in [7, 11) is 0. The molecule has 1 aromatic heterocycles. The van der Waals surface area contributed by atoms with Gasteiger partial charge in [-0.2, -0.15) is 9.89 Å². The number of aliphatic hydroxyl groups excluding tert-OH is 2. The number of nitrogens with zero attached hydrogens (tertiary/aromatic N) is 3. The third kappa shape index (κ3) is 12.2. The second kappa shape index (κ2) is 15.7. The van der Waals surface area contributed by atoms with Crippen molar-refractivity contribution in [3.8, 4) is 0 Å². The molecule has 15 heteroatoms. The van der Waals surface area contributed by atoms with Crippen LogP contribution < -0.4 is 21.6 Å². The molecule has 0 bridgehead atoms. The molecule has 5 N–H and O–H groups in total. The number of nitroso groups, excluding NO2 is 1. The lowest BCUT2D eigenvalue weighted by molar-refractivity contribution is -0.120. The lowest BCUT2D eigenvalue weighted by atomic mass is 10.1. The number of nitrogens with one attached hydrogen (secondary N) is 3. The second-order valence-electron chi connectivity index (χ2n) is 9.51. The summed E-state index contributed by atoms with van der Waals surface area (Å²) in [5.41, 5.74) is -1.71. The van der Waals surface area contributed by atoms with Crippen LogP contribution in [0.5, 0.6) is 0 Å². The molecule has 0 aliphatic carbocycles. The highest BCUT2D eigenvalue weighted by Gasteiger charge is 2.28. The molecule has 4 atom stereocenters. The van der Waals surface area contributed by atoms with Crippen molar-refractivity contribution in [2.75, 3.05) is 25.0 Å². The highest BCUT2D eigenvalue weighted by atomic mass is 16.6. The molecule has 3 amide bonds. The van der Waals surface area contributed by atoms with Gasteiger partial charge in [-0.05, 0) is 53.0 Å². The molecule has 1 heterocycles. The number of anilines is 1. The average molecular weight is 543 g/mol. The largest absolute Gasteiger partial charge is 0.444 e. The molecule has 0 fully saturated rings. The summed E-state index contributed by atoms with van der Waals surface area (Å²) in [5.74, 6) is -0.972. The molecule has 38 heavy (non-hydrogen) atoms. The first-order chi connectivity index (χ1) is 17.7. The Balaban J connectivity index is 3.02. The molecule has 1 rings (SSSR count). The Hall–Kier alpha value is -3.43. The van der Waals surface area contributed by atoms with E-state index >= 15 is 0 Å². The van der Waals surface area contributed by atoms with Crippen LogP contribution in [0.3, 0.4) is 0 Å². The van der Waals surface area contributed by atoms with Gasteiger partial charge in [0.1, 0.15) is 30.1 Å². The minimum absolute atomic E-state index is 0.134. The highest BCUT2D eigenvalue weighted by molar-refractivity contribution is 5.95. The maximum atomic E-state index is 13.0. The van der Waals surface area contributed by atoms with E-state index in [9.17, 15) is 34.3 Å². The average Bonchev–Trinajstić information content (AvgIpc) is 2.79. The van der Waals surface area contributed by atoms with Crippen molar-refractivity contribution in [2.24, 2.45) is 5.18 Å². The van der Waals surface area contributed by atoms with Gasteiger partial charge >= 0.3 is 11.8 Å². The number of carbonyl (C=O) groups excluding carboxylic acids is 3. The molecular weight excluding hydrogens is 504 g/mol. The van der Waals surface area contributed by atoms with E-state index < -0.39 is 47.8 Å². The van der Waals surface area contributed by atoms with Gasteiger partial charge in [-0.25, -0.2) is 9.59 Å². The normalized spacial score (nSPS) is 14.5. The van der Waals surface area contributed by atoms with Crippen LogP contribution in [0.25, 0.3) is 0 Å². The molecule has 0 aromatic carbocycles. The minimum atomic E-state index is -1.53. The van der Waals surface area contributed by atoms with Gasteiger partial charge in [0.15, 0.2) is 6.23 Å². The lowest BCUT2D eigenvalue weighted by Crippen LogP contribution is -2.46. The van der Waals surface area contributed by atoms with Crippen molar-refractivity contribution in [3.63, 3.8) is 0 Å². The number of aromatic nitrogens is 2. The van der Waals surface area contributed by atoms with Crippen LogP contribution in [0.2, 0.25) is 0 Å². The van der Waals surface area contributed by atoms with Crippen molar-refractivity contribution >= 4 is 23.7 Å². The smallest absolute Gasteiger partial charge is 0.408 e. The maximum Gasteiger partial charge on any atom is 0.408 e. The van der Waals surface area contributed by atoms with Gasteiger partial charge in [-0.15, -0.1) is 0 Å². The van der Waals surface area contributed by atoms with Gasteiger partial charge in [0.2, 0.25) is 11.8 Å². The monoisotopic (exact) mass is 542 g/mol. The van der Waals surface area contributed by atoms with E-state index in [1.807, 2.05) is 0 Å². The predicted octanol–water partition coefficient (Wildman–Crippen LogP) is 0.405. The van der Waals surface area contributed by atoms with Gasteiger partial charge in [0.25, 0.3) is 0 Å². The molecule has 214 valence electrons. The molecule has 0 saturated heterocycles. The molecule has 0 saturated carbocycles. The van der Waals surface area contributed by atoms with Crippen LogP contribution in [0.4, 0.5) is 10.6 Å². The summed E-state index contributed by atoms with van der Waals surface area (Å²) in [4.78, 5) is 63.0. The van der Waals surface area contributed by atoms with Gasteiger partial charge in [0, 0.05) is 19.7 Å². The Bertz CT molecular complexity index is 992. The zero-order chi connectivity index (χ0) is 28.9. The molecule has 15 nitrogen and oxygen atoms in total. The van der Waals surface area contributed by atoms with E-state index in [4.69, 9.17) is 9.47 Å². The first kappa shape index (κ1) is 32.6. The highest BCUT2D eigenvalue weighted by Crippen LogP contribution is 2.16. The van der Waals surface area contributed by atoms with Crippen LogP contribution in [0.15, 0.2) is 22.2 Å². The molecular formula is C23H38N6O9. The van der Waals surface area contributed by atoms with E-state index in [2.05, 4.69) is 26.1 Å². The molecule has 2 unspecified atom stereocenters. The van der Waals surface area contributed by atoms with Gasteiger partial charge < -0.3 is 35.6 Å². The number of amides is 3. The summed E-state index contributed by atoms with van der Waals surface area (Å²) in [5, 5.41) is 30.3. The van der Waals surface area contributed by atoms with Crippen molar-refractivity contribution in [1.82, 2.24) is 20.2 Å². The van der Waals surface area contributed by atoms with E-state index in [-0.39, 0.29) is 31.3 Å². The summed E-state index contributed by atoms with van der Waals surface area (Å²) >= 11 is 0. The van der Waals surface area contributed by atoms with Crippen LogP contribution in [0.1, 0.15) is 60.1 Å². The number of alkyl carbamates (subject to hydrolysis) is 1. The van der Waals surface area contributed by atoms with Crippen LogP contribution in [-0.4, -0.2) is 81.2 Å². The van der Waals surface area contributed by atoms with Gasteiger partial charge in [-0.1, -0.05) is 5.18 Å². The lowest BCUT2D eigenvalue weighted by Gasteiger charge is -2.26. The first-order valence-electron chi connectivity index (χ1n) is 12.2. The zero-order valence-corrected chi connectivity index (χ0v) is 22.3. The van der Waals surface area contributed by atoms with E-state index in [1.165, 1.54) is 26.1 Å². The number of hydrogen-bond donors (Lipinski definition) is 5. The third-order valence-corrected chi connectivity index (χ3v) is 4.91. The standard InChI is InChI=1S/C23H38N6O9/c1-14(30)18(32)20(37-13-11-25-36)29-12-9-17(28-21(29)34)27-19(33)16(8-6-7-10-24-15(2)31)26-22(35)38-23(3,4)5/h9,12,14,16,18,20,30,32H,6-8,10-11,13H2,1-5H3,(H,24,31)(H,26,35)(H,27,28,33,34)/t14-,16?,18?,20+/m0/s1. The number of carbonyl (C=O) groups is 3. The number of rotatable bonds is 15. The molecule has 0 radical (unpaired) electrons. The maximum absolute atomic E-state index is 13.0. The number of unbranched alkanes of at least 4 members (excludes halogenated alkanes) is 1. The second-order valence-corrected chi connectivity index (χ2v) is 9.51.